The summed E-state index contributed by atoms with van der Waals surface area (Å²) in [4.78, 5) is 4.71. The maximum Gasteiger partial charge on any atom is 0.0955 e. The quantitative estimate of drug-likeness (QED) is 0.932. The topological polar surface area (TPSA) is 34.2 Å². The number of rotatable bonds is 4. The molecule has 0 radical (unpaired) electrons. The van der Waals surface area contributed by atoms with E-state index in [0.29, 0.717) is 18.2 Å². The number of benzene rings is 1. The van der Waals surface area contributed by atoms with Crippen LogP contribution in [-0.4, -0.2) is 30.3 Å². The minimum atomic E-state index is 0.326. The summed E-state index contributed by atoms with van der Waals surface area (Å²) in [6.45, 7) is 2.16. The van der Waals surface area contributed by atoms with Gasteiger partial charge in [0, 0.05) is 12.5 Å². The van der Waals surface area contributed by atoms with Gasteiger partial charge in [-0.15, -0.1) is 11.3 Å². The molecule has 102 valence electrons. The molecule has 1 saturated heterocycles. The van der Waals surface area contributed by atoms with E-state index in [-0.39, 0.29) is 0 Å². The Bertz CT molecular complexity index is 521. The van der Waals surface area contributed by atoms with Crippen molar-refractivity contribution in [2.75, 3.05) is 7.05 Å². The van der Waals surface area contributed by atoms with Crippen molar-refractivity contribution in [3.8, 4) is 0 Å². The molecule has 1 fully saturated rings. The number of likely N-dealkylation sites (N-methyl/N-ethyl adjacent to an activating group) is 1. The van der Waals surface area contributed by atoms with Crippen LogP contribution in [0.1, 0.15) is 24.8 Å². The fourth-order valence-corrected chi connectivity index (χ4v) is 3.77. The van der Waals surface area contributed by atoms with Crippen LogP contribution in [0.2, 0.25) is 0 Å². The molecule has 3 rings (SSSR count). The van der Waals surface area contributed by atoms with Crippen LogP contribution >= 0.6 is 11.3 Å². The van der Waals surface area contributed by atoms with E-state index in [1.165, 1.54) is 16.1 Å². The van der Waals surface area contributed by atoms with E-state index in [4.69, 9.17) is 9.72 Å². The molecule has 0 saturated carbocycles. The lowest BCUT2D eigenvalue weighted by atomic mass is 10.0. The molecule has 4 heteroatoms. The van der Waals surface area contributed by atoms with Gasteiger partial charge in [0.15, 0.2) is 0 Å². The van der Waals surface area contributed by atoms with Gasteiger partial charge in [-0.2, -0.15) is 0 Å². The number of thiazole rings is 1. The fraction of sp³-hybridized carbons (Fsp3) is 0.533. The van der Waals surface area contributed by atoms with Crippen molar-refractivity contribution in [3.05, 3.63) is 29.3 Å². The van der Waals surface area contributed by atoms with Crippen LogP contribution in [-0.2, 0) is 11.2 Å². The van der Waals surface area contributed by atoms with Gasteiger partial charge in [0.1, 0.15) is 0 Å². The molecule has 1 aromatic carbocycles. The molecule has 3 nitrogen and oxygen atoms in total. The summed E-state index contributed by atoms with van der Waals surface area (Å²) in [6, 6.07) is 8.70. The Labute approximate surface area is 118 Å². The van der Waals surface area contributed by atoms with E-state index in [2.05, 4.69) is 30.4 Å². The zero-order valence-corrected chi connectivity index (χ0v) is 12.2. The molecule has 1 N–H and O–H groups in total. The second kappa shape index (κ2) is 5.57. The first kappa shape index (κ1) is 13.0. The van der Waals surface area contributed by atoms with Gasteiger partial charge in [-0.05, 0) is 38.9 Å². The van der Waals surface area contributed by atoms with Crippen molar-refractivity contribution in [1.82, 2.24) is 10.3 Å². The van der Waals surface area contributed by atoms with E-state index in [9.17, 15) is 0 Å². The Morgan fingerprint density at radius 1 is 1.42 bits per heavy atom. The lowest BCUT2D eigenvalue weighted by Gasteiger charge is -2.22. The molecule has 1 aliphatic heterocycles. The van der Waals surface area contributed by atoms with Crippen molar-refractivity contribution in [3.63, 3.8) is 0 Å². The molecule has 3 unspecified atom stereocenters. The number of ether oxygens (including phenoxy) is 1. The maximum absolute atomic E-state index is 5.97. The third-order valence-corrected chi connectivity index (χ3v) is 4.88. The molecule has 2 aromatic rings. The van der Waals surface area contributed by atoms with E-state index >= 15 is 0 Å². The predicted octanol–water partition coefficient (Wildman–Crippen LogP) is 2.99. The number of nitrogens with one attached hydrogen (secondary N) is 1. The minimum absolute atomic E-state index is 0.326. The highest BCUT2D eigenvalue weighted by molar-refractivity contribution is 7.18. The number of para-hydroxylation sites is 1. The van der Waals surface area contributed by atoms with Gasteiger partial charge >= 0.3 is 0 Å². The smallest absolute Gasteiger partial charge is 0.0955 e. The van der Waals surface area contributed by atoms with E-state index in [1.807, 2.05) is 13.1 Å². The minimum Gasteiger partial charge on any atom is -0.374 e. The Morgan fingerprint density at radius 2 is 2.26 bits per heavy atom. The van der Waals surface area contributed by atoms with Crippen molar-refractivity contribution >= 4 is 21.6 Å². The van der Waals surface area contributed by atoms with Crippen molar-refractivity contribution in [2.24, 2.45) is 0 Å². The number of fused-ring (bicyclic) bond motifs is 1. The lowest BCUT2D eigenvalue weighted by Crippen LogP contribution is -2.39. The van der Waals surface area contributed by atoms with Crippen LogP contribution in [0.15, 0.2) is 24.3 Å². The van der Waals surface area contributed by atoms with E-state index < -0.39 is 0 Å². The van der Waals surface area contributed by atoms with Gasteiger partial charge in [-0.3, -0.25) is 0 Å². The van der Waals surface area contributed by atoms with Gasteiger partial charge in [0.05, 0.1) is 27.4 Å². The highest BCUT2D eigenvalue weighted by Gasteiger charge is 2.29. The summed E-state index contributed by atoms with van der Waals surface area (Å²) in [5.41, 5.74) is 1.11. The molecule has 19 heavy (non-hydrogen) atoms. The van der Waals surface area contributed by atoms with E-state index in [0.717, 1.165) is 18.4 Å². The largest absolute Gasteiger partial charge is 0.374 e. The Balaban J connectivity index is 1.75. The summed E-state index contributed by atoms with van der Waals surface area (Å²) in [5, 5.41) is 4.60. The van der Waals surface area contributed by atoms with Gasteiger partial charge in [-0.1, -0.05) is 12.1 Å². The van der Waals surface area contributed by atoms with Crippen LogP contribution in [0.4, 0.5) is 0 Å². The molecular weight excluding hydrogens is 256 g/mol. The number of aromatic nitrogens is 1. The molecule has 0 amide bonds. The van der Waals surface area contributed by atoms with Crippen molar-refractivity contribution in [2.45, 2.75) is 44.4 Å². The number of nitrogens with zero attached hydrogens (tertiary/aromatic N) is 1. The monoisotopic (exact) mass is 276 g/mol. The van der Waals surface area contributed by atoms with E-state index in [1.54, 1.807) is 11.3 Å². The summed E-state index contributed by atoms with van der Waals surface area (Å²) in [5.74, 6) is 0. The third-order valence-electron chi connectivity index (χ3n) is 3.82. The van der Waals surface area contributed by atoms with Crippen LogP contribution in [0.5, 0.6) is 0 Å². The molecule has 1 aromatic heterocycles. The molecule has 1 aliphatic rings. The molecule has 0 aliphatic carbocycles. The zero-order chi connectivity index (χ0) is 13.2. The first-order valence-electron chi connectivity index (χ1n) is 6.93. The number of hydrogen-bond donors (Lipinski definition) is 1. The van der Waals surface area contributed by atoms with Gasteiger partial charge in [0.25, 0.3) is 0 Å². The first-order chi connectivity index (χ1) is 9.26. The summed E-state index contributed by atoms with van der Waals surface area (Å²) in [6.07, 6.45) is 4.00. The molecule has 0 spiro atoms. The predicted molar refractivity (Wildman–Crippen MR) is 79.7 cm³/mol. The second-order valence-corrected chi connectivity index (χ2v) is 6.35. The normalized spacial score (nSPS) is 24.9. The highest BCUT2D eigenvalue weighted by Crippen LogP contribution is 2.26. The third kappa shape index (κ3) is 2.81. The Kier molecular flexibility index (Phi) is 3.82. The van der Waals surface area contributed by atoms with Gasteiger partial charge in [-0.25, -0.2) is 4.98 Å². The second-order valence-electron chi connectivity index (χ2n) is 5.24. The molecule has 0 bridgehead atoms. The standard InChI is InChI=1S/C15H20N2OS/c1-10-7-8-13(18-10)12(16-2)9-15-17-11-5-3-4-6-14(11)19-15/h3-6,10,12-13,16H,7-9H2,1-2H3. The SMILES string of the molecule is CNC(Cc1nc2ccccc2s1)C1CCC(C)O1. The van der Waals surface area contributed by atoms with Crippen molar-refractivity contribution in [1.29, 1.82) is 0 Å². The molecule has 3 atom stereocenters. The van der Waals surface area contributed by atoms with Crippen molar-refractivity contribution < 1.29 is 4.74 Å². The van der Waals surface area contributed by atoms with Gasteiger partial charge in [0.2, 0.25) is 0 Å². The number of hydrogen-bond acceptors (Lipinski definition) is 4. The van der Waals surface area contributed by atoms with Gasteiger partial charge < -0.3 is 10.1 Å². The highest BCUT2D eigenvalue weighted by atomic mass is 32.1. The van der Waals surface area contributed by atoms with Crippen LogP contribution in [0.25, 0.3) is 10.2 Å². The van der Waals surface area contributed by atoms with Crippen LogP contribution in [0, 0.1) is 0 Å². The molecular formula is C15H20N2OS. The zero-order valence-electron chi connectivity index (χ0n) is 11.4. The average Bonchev–Trinajstić information content (AvgIpc) is 3.01. The Morgan fingerprint density at radius 3 is 2.95 bits per heavy atom. The summed E-state index contributed by atoms with van der Waals surface area (Å²) in [7, 11) is 2.02. The molecule has 2 heterocycles. The van der Waals surface area contributed by atoms with Crippen LogP contribution in [0.3, 0.4) is 0 Å². The first-order valence-corrected chi connectivity index (χ1v) is 7.75. The average molecular weight is 276 g/mol. The maximum atomic E-state index is 5.97. The summed E-state index contributed by atoms with van der Waals surface area (Å²) >= 11 is 1.79. The fourth-order valence-electron chi connectivity index (χ4n) is 2.74. The van der Waals surface area contributed by atoms with Crippen LogP contribution < -0.4 is 5.32 Å². The Hall–Kier alpha value is -0.970. The summed E-state index contributed by atoms with van der Waals surface area (Å²) < 4.78 is 7.25. The lowest BCUT2D eigenvalue weighted by molar-refractivity contribution is 0.0337.